The van der Waals surface area contributed by atoms with E-state index in [0.717, 1.165) is 12.6 Å². The van der Waals surface area contributed by atoms with Crippen LogP contribution >= 0.6 is 0 Å². The topological polar surface area (TPSA) is 18.5 Å². The maximum atomic E-state index is 3.58. The fraction of sp³-hybridized carbons (Fsp3) is 1.00. The van der Waals surface area contributed by atoms with E-state index in [0.29, 0.717) is 12.1 Å². The predicted molar refractivity (Wildman–Crippen MR) is 73.4 cm³/mol. The Morgan fingerprint density at radius 2 is 1.88 bits per heavy atom. The number of nitrogens with zero attached hydrogens (tertiary/aromatic N) is 2. The van der Waals surface area contributed by atoms with E-state index in [9.17, 15) is 0 Å². The molecule has 2 atom stereocenters. The number of rotatable bonds is 3. The molecule has 0 aromatic heterocycles. The van der Waals surface area contributed by atoms with Gasteiger partial charge in [0.25, 0.3) is 0 Å². The molecule has 2 saturated heterocycles. The highest BCUT2D eigenvalue weighted by Crippen LogP contribution is 2.21. The van der Waals surface area contributed by atoms with Crippen LogP contribution in [0.5, 0.6) is 0 Å². The van der Waals surface area contributed by atoms with E-state index >= 15 is 0 Å². The molecule has 2 rings (SSSR count). The highest BCUT2D eigenvalue weighted by molar-refractivity contribution is 4.88. The van der Waals surface area contributed by atoms with Crippen molar-refractivity contribution in [1.82, 2.24) is 15.1 Å². The van der Waals surface area contributed by atoms with Gasteiger partial charge in [-0.15, -0.1) is 0 Å². The van der Waals surface area contributed by atoms with Crippen LogP contribution in [0.25, 0.3) is 0 Å². The van der Waals surface area contributed by atoms with Crippen molar-refractivity contribution in [1.29, 1.82) is 0 Å². The van der Waals surface area contributed by atoms with Crippen LogP contribution in [0, 0.1) is 0 Å². The van der Waals surface area contributed by atoms with Crippen LogP contribution in [0.4, 0.5) is 0 Å². The van der Waals surface area contributed by atoms with Crippen molar-refractivity contribution in [2.75, 3.05) is 32.7 Å². The van der Waals surface area contributed by atoms with Crippen molar-refractivity contribution in [2.45, 2.75) is 58.2 Å². The van der Waals surface area contributed by atoms with Gasteiger partial charge in [-0.3, -0.25) is 4.90 Å². The molecular formula is C14H29N3. The van der Waals surface area contributed by atoms with Gasteiger partial charge in [-0.1, -0.05) is 6.92 Å². The van der Waals surface area contributed by atoms with Crippen LogP contribution in [0.2, 0.25) is 0 Å². The lowest BCUT2D eigenvalue weighted by Crippen LogP contribution is -2.59. The van der Waals surface area contributed by atoms with Crippen LogP contribution in [-0.4, -0.2) is 60.6 Å². The maximum absolute atomic E-state index is 3.58. The first-order valence-electron chi connectivity index (χ1n) is 7.42. The van der Waals surface area contributed by atoms with Crippen LogP contribution in [0.3, 0.4) is 0 Å². The maximum Gasteiger partial charge on any atom is 0.0196 e. The Hall–Kier alpha value is -0.120. The van der Waals surface area contributed by atoms with E-state index in [1.54, 1.807) is 0 Å². The summed E-state index contributed by atoms with van der Waals surface area (Å²) in [6.45, 7) is 13.3. The number of piperidine rings is 1. The molecule has 17 heavy (non-hydrogen) atoms. The Balaban J connectivity index is 1.82. The number of nitrogens with one attached hydrogen (secondary N) is 1. The Bertz CT molecular complexity index is 224. The molecule has 2 heterocycles. The zero-order valence-electron chi connectivity index (χ0n) is 11.8. The van der Waals surface area contributed by atoms with Gasteiger partial charge in [-0.05, 0) is 52.7 Å². The van der Waals surface area contributed by atoms with E-state index < -0.39 is 0 Å². The summed E-state index contributed by atoms with van der Waals surface area (Å²) < 4.78 is 0. The molecule has 2 unspecified atom stereocenters. The SMILES string of the molecule is CCCN1CCC(N2CC(C)NCC2C)CC1. The van der Waals surface area contributed by atoms with Crippen molar-refractivity contribution in [3.05, 3.63) is 0 Å². The molecule has 100 valence electrons. The lowest BCUT2D eigenvalue weighted by Gasteiger charge is -2.45. The highest BCUT2D eigenvalue weighted by atomic mass is 15.3. The quantitative estimate of drug-likeness (QED) is 0.806. The molecule has 2 fully saturated rings. The van der Waals surface area contributed by atoms with Crippen molar-refractivity contribution in [2.24, 2.45) is 0 Å². The summed E-state index contributed by atoms with van der Waals surface area (Å²) in [4.78, 5) is 5.39. The van der Waals surface area contributed by atoms with Gasteiger partial charge in [0.2, 0.25) is 0 Å². The number of hydrogen-bond donors (Lipinski definition) is 1. The number of hydrogen-bond acceptors (Lipinski definition) is 3. The fourth-order valence-electron chi connectivity index (χ4n) is 3.35. The van der Waals surface area contributed by atoms with Gasteiger partial charge in [-0.2, -0.15) is 0 Å². The Labute approximate surface area is 107 Å². The standard InChI is InChI=1S/C14H29N3/c1-4-7-16-8-5-14(6-9-16)17-11-12(2)15-10-13(17)3/h12-15H,4-11H2,1-3H3. The normalized spacial score (nSPS) is 34.1. The van der Waals surface area contributed by atoms with Crippen molar-refractivity contribution in [3.63, 3.8) is 0 Å². The molecule has 2 aliphatic rings. The van der Waals surface area contributed by atoms with E-state index in [2.05, 4.69) is 35.9 Å². The minimum atomic E-state index is 0.667. The smallest absolute Gasteiger partial charge is 0.0196 e. The van der Waals surface area contributed by atoms with Gasteiger partial charge in [-0.25, -0.2) is 0 Å². The summed E-state index contributed by atoms with van der Waals surface area (Å²) in [5.41, 5.74) is 0. The molecular weight excluding hydrogens is 210 g/mol. The zero-order valence-corrected chi connectivity index (χ0v) is 11.8. The second-order valence-corrected chi connectivity index (χ2v) is 5.93. The first-order valence-corrected chi connectivity index (χ1v) is 7.42. The summed E-state index contributed by atoms with van der Waals surface area (Å²) in [5, 5.41) is 3.58. The lowest BCUT2D eigenvalue weighted by molar-refractivity contribution is 0.0517. The van der Waals surface area contributed by atoms with Gasteiger partial charge >= 0.3 is 0 Å². The molecule has 2 aliphatic heterocycles. The third-order valence-electron chi connectivity index (χ3n) is 4.38. The average molecular weight is 239 g/mol. The van der Waals surface area contributed by atoms with E-state index in [1.165, 1.54) is 45.4 Å². The van der Waals surface area contributed by atoms with Crippen molar-refractivity contribution in [3.8, 4) is 0 Å². The van der Waals surface area contributed by atoms with Gasteiger partial charge < -0.3 is 10.2 Å². The predicted octanol–water partition coefficient (Wildman–Crippen LogP) is 1.54. The second-order valence-electron chi connectivity index (χ2n) is 5.93. The molecule has 1 N–H and O–H groups in total. The minimum absolute atomic E-state index is 0.667. The van der Waals surface area contributed by atoms with E-state index in [1.807, 2.05) is 0 Å². The summed E-state index contributed by atoms with van der Waals surface area (Å²) in [7, 11) is 0. The average Bonchev–Trinajstić information content (AvgIpc) is 2.34. The summed E-state index contributed by atoms with van der Waals surface area (Å²) in [6.07, 6.45) is 4.04. The van der Waals surface area contributed by atoms with Gasteiger partial charge in [0.1, 0.15) is 0 Å². The third-order valence-corrected chi connectivity index (χ3v) is 4.38. The first kappa shape index (κ1) is 13.3. The molecule has 0 radical (unpaired) electrons. The second kappa shape index (κ2) is 6.17. The van der Waals surface area contributed by atoms with Gasteiger partial charge in [0.05, 0.1) is 0 Å². The van der Waals surface area contributed by atoms with Crippen LogP contribution in [0.1, 0.15) is 40.0 Å². The minimum Gasteiger partial charge on any atom is -0.311 e. The molecule has 3 heteroatoms. The molecule has 0 aromatic carbocycles. The van der Waals surface area contributed by atoms with Gasteiger partial charge in [0.15, 0.2) is 0 Å². The molecule has 0 saturated carbocycles. The van der Waals surface area contributed by atoms with Crippen LogP contribution in [0.15, 0.2) is 0 Å². The van der Waals surface area contributed by atoms with E-state index in [-0.39, 0.29) is 0 Å². The van der Waals surface area contributed by atoms with E-state index in [4.69, 9.17) is 0 Å². The molecule has 0 bridgehead atoms. The number of piperazine rings is 1. The molecule has 0 amide bonds. The highest BCUT2D eigenvalue weighted by Gasteiger charge is 2.30. The van der Waals surface area contributed by atoms with Crippen molar-refractivity contribution >= 4 is 0 Å². The molecule has 0 spiro atoms. The monoisotopic (exact) mass is 239 g/mol. The summed E-state index contributed by atoms with van der Waals surface area (Å²) in [5.74, 6) is 0. The zero-order chi connectivity index (χ0) is 12.3. The van der Waals surface area contributed by atoms with Crippen LogP contribution < -0.4 is 5.32 Å². The largest absolute Gasteiger partial charge is 0.311 e. The first-order chi connectivity index (χ1) is 8.20. The Kier molecular flexibility index (Phi) is 4.83. The summed E-state index contributed by atoms with van der Waals surface area (Å²) in [6, 6.07) is 2.22. The molecule has 0 aromatic rings. The fourth-order valence-corrected chi connectivity index (χ4v) is 3.35. The number of likely N-dealkylation sites (tertiary alicyclic amines) is 1. The Morgan fingerprint density at radius 3 is 2.53 bits per heavy atom. The Morgan fingerprint density at radius 1 is 1.18 bits per heavy atom. The third kappa shape index (κ3) is 3.43. The molecule has 0 aliphatic carbocycles. The molecule has 3 nitrogen and oxygen atoms in total. The van der Waals surface area contributed by atoms with Gasteiger partial charge in [0, 0.05) is 31.2 Å². The lowest BCUT2D eigenvalue weighted by atomic mass is 9.99. The van der Waals surface area contributed by atoms with Crippen molar-refractivity contribution < 1.29 is 0 Å². The summed E-state index contributed by atoms with van der Waals surface area (Å²) >= 11 is 0. The van der Waals surface area contributed by atoms with Crippen LogP contribution in [-0.2, 0) is 0 Å².